The van der Waals surface area contributed by atoms with Crippen molar-refractivity contribution >= 4 is 0 Å². The molecule has 18 heavy (non-hydrogen) atoms. The molecular formula is C16H33FZn+2. The van der Waals surface area contributed by atoms with Crippen molar-refractivity contribution < 1.29 is 23.9 Å². The molecular weight excluding hydrogens is 277 g/mol. The first kappa shape index (κ1) is 20.9. The van der Waals surface area contributed by atoms with Crippen molar-refractivity contribution in [2.45, 2.75) is 96.8 Å². The third kappa shape index (κ3) is 18.9. The van der Waals surface area contributed by atoms with Crippen molar-refractivity contribution in [3.05, 3.63) is 0 Å². The summed E-state index contributed by atoms with van der Waals surface area (Å²) >= 11 is 0. The van der Waals surface area contributed by atoms with Crippen molar-refractivity contribution in [2.24, 2.45) is 0 Å². The smallest absolute Gasteiger partial charge is 0.251 e. The summed E-state index contributed by atoms with van der Waals surface area (Å²) in [5, 5.41) is 0. The predicted octanol–water partition coefficient (Wildman–Crippen LogP) is 6.43. The van der Waals surface area contributed by atoms with E-state index in [0.29, 0.717) is 0 Å². The molecule has 0 amide bonds. The number of halogens is 1. The van der Waals surface area contributed by atoms with Crippen LogP contribution in [-0.4, -0.2) is 6.67 Å². The average Bonchev–Trinajstić information content (AvgIpc) is 2.35. The maximum absolute atomic E-state index is 11.8. The molecule has 0 aliphatic carbocycles. The van der Waals surface area contributed by atoms with Gasteiger partial charge in [0.05, 0.1) is 6.67 Å². The third-order valence-electron chi connectivity index (χ3n) is 3.49. The molecule has 0 bridgehead atoms. The first-order valence-corrected chi connectivity index (χ1v) is 7.97. The molecule has 104 valence electrons. The Labute approximate surface area is 127 Å². The topological polar surface area (TPSA) is 0 Å². The van der Waals surface area contributed by atoms with Crippen molar-refractivity contribution in [2.75, 3.05) is 6.67 Å². The van der Waals surface area contributed by atoms with Crippen LogP contribution in [0.5, 0.6) is 0 Å². The van der Waals surface area contributed by atoms with Crippen LogP contribution >= 0.6 is 0 Å². The Bertz CT molecular complexity index is 114. The van der Waals surface area contributed by atoms with E-state index in [2.05, 4.69) is 6.92 Å². The van der Waals surface area contributed by atoms with Crippen LogP contribution in [-0.2, 0) is 19.5 Å². The van der Waals surface area contributed by atoms with Crippen LogP contribution < -0.4 is 0 Å². The second-order valence-electron chi connectivity index (χ2n) is 5.29. The maximum atomic E-state index is 11.8. The van der Waals surface area contributed by atoms with Gasteiger partial charge in [0.1, 0.15) is 0 Å². The summed E-state index contributed by atoms with van der Waals surface area (Å²) in [6.45, 7) is 2.14. The Balaban J connectivity index is 0. The molecule has 0 atom stereocenters. The Morgan fingerprint density at radius 1 is 0.500 bits per heavy atom. The van der Waals surface area contributed by atoms with E-state index in [1.54, 1.807) is 0 Å². The zero-order chi connectivity index (χ0) is 12.6. The molecule has 0 saturated heterocycles. The number of hydrogen-bond acceptors (Lipinski definition) is 0. The summed E-state index contributed by atoms with van der Waals surface area (Å²) in [6.07, 6.45) is 18.5. The maximum Gasteiger partial charge on any atom is 2.00 e. The van der Waals surface area contributed by atoms with Crippen molar-refractivity contribution in [1.29, 1.82) is 0 Å². The van der Waals surface area contributed by atoms with E-state index in [9.17, 15) is 4.39 Å². The molecule has 0 aromatic carbocycles. The van der Waals surface area contributed by atoms with Gasteiger partial charge in [0.15, 0.2) is 0 Å². The van der Waals surface area contributed by atoms with Gasteiger partial charge in [-0.05, 0) is 6.42 Å². The zero-order valence-electron chi connectivity index (χ0n) is 12.7. The third-order valence-corrected chi connectivity index (χ3v) is 3.49. The minimum Gasteiger partial charge on any atom is -0.251 e. The average molecular weight is 310 g/mol. The van der Waals surface area contributed by atoms with Crippen LogP contribution in [0.15, 0.2) is 0 Å². The molecule has 0 aromatic rings. The van der Waals surface area contributed by atoms with E-state index in [4.69, 9.17) is 0 Å². The van der Waals surface area contributed by atoms with Crippen LogP contribution in [0, 0.1) is 0 Å². The molecule has 0 fully saturated rings. The van der Waals surface area contributed by atoms with Crippen molar-refractivity contribution in [1.82, 2.24) is 0 Å². The van der Waals surface area contributed by atoms with Gasteiger partial charge in [-0.25, -0.2) is 0 Å². The normalized spacial score (nSPS) is 10.3. The fourth-order valence-electron chi connectivity index (χ4n) is 2.29. The van der Waals surface area contributed by atoms with E-state index in [1.165, 1.54) is 77.0 Å². The minimum atomic E-state index is -0.127. The SMILES string of the molecule is CCCCCCCCCCCCCCCCF.[Zn+2]. The largest absolute Gasteiger partial charge is 2.00 e. The zero-order valence-corrected chi connectivity index (χ0v) is 15.7. The standard InChI is InChI=1S/C16H33F.Zn/c1-2-3-4-5-6-7-8-9-10-11-12-13-14-15-16-17;/h2-16H2,1H3;/q;+2. The molecule has 0 aliphatic heterocycles. The molecule has 0 aliphatic rings. The molecule has 0 N–H and O–H groups in total. The van der Waals surface area contributed by atoms with E-state index in [-0.39, 0.29) is 26.2 Å². The van der Waals surface area contributed by atoms with Crippen molar-refractivity contribution in [3.8, 4) is 0 Å². The minimum absolute atomic E-state index is 0. The van der Waals surface area contributed by atoms with Gasteiger partial charge in [-0.15, -0.1) is 0 Å². The number of rotatable bonds is 14. The fourth-order valence-corrected chi connectivity index (χ4v) is 2.29. The Hall–Kier alpha value is 0.553. The number of hydrogen-bond donors (Lipinski definition) is 0. The van der Waals surface area contributed by atoms with Gasteiger partial charge in [-0.1, -0.05) is 90.4 Å². The van der Waals surface area contributed by atoms with E-state index in [0.717, 1.165) is 12.8 Å². The molecule has 0 radical (unpaired) electrons. The summed E-state index contributed by atoms with van der Waals surface area (Å²) in [5.74, 6) is 0. The summed E-state index contributed by atoms with van der Waals surface area (Å²) in [5.41, 5.74) is 0. The quantitative estimate of drug-likeness (QED) is 0.256. The number of unbranched alkanes of at least 4 members (excludes halogenated alkanes) is 13. The molecule has 0 nitrogen and oxygen atoms in total. The monoisotopic (exact) mass is 308 g/mol. The molecule has 0 aromatic heterocycles. The Morgan fingerprint density at radius 3 is 1.06 bits per heavy atom. The molecule has 0 spiro atoms. The molecule has 0 heterocycles. The van der Waals surface area contributed by atoms with Crippen LogP contribution in [0.2, 0.25) is 0 Å². The van der Waals surface area contributed by atoms with E-state index in [1.807, 2.05) is 0 Å². The first-order chi connectivity index (χ1) is 8.41. The number of alkyl halides is 1. The van der Waals surface area contributed by atoms with E-state index >= 15 is 0 Å². The van der Waals surface area contributed by atoms with Crippen LogP contribution in [0.1, 0.15) is 96.8 Å². The van der Waals surface area contributed by atoms with Gasteiger partial charge in [-0.2, -0.15) is 0 Å². The summed E-state index contributed by atoms with van der Waals surface area (Å²) in [7, 11) is 0. The Kier molecular flexibility index (Phi) is 23.0. The van der Waals surface area contributed by atoms with Crippen LogP contribution in [0.25, 0.3) is 0 Å². The summed E-state index contributed by atoms with van der Waals surface area (Å²) in [4.78, 5) is 0. The van der Waals surface area contributed by atoms with Gasteiger partial charge < -0.3 is 0 Å². The fraction of sp³-hybridized carbons (Fsp3) is 1.00. The molecule has 0 saturated carbocycles. The van der Waals surface area contributed by atoms with Gasteiger partial charge >= 0.3 is 19.5 Å². The van der Waals surface area contributed by atoms with Crippen LogP contribution in [0.3, 0.4) is 0 Å². The molecule has 0 rings (SSSR count). The first-order valence-electron chi connectivity index (χ1n) is 7.97. The van der Waals surface area contributed by atoms with Gasteiger partial charge in [0, 0.05) is 0 Å². The van der Waals surface area contributed by atoms with Crippen LogP contribution in [0.4, 0.5) is 4.39 Å². The van der Waals surface area contributed by atoms with Crippen molar-refractivity contribution in [3.63, 3.8) is 0 Å². The Morgan fingerprint density at radius 2 is 0.778 bits per heavy atom. The van der Waals surface area contributed by atoms with E-state index < -0.39 is 0 Å². The van der Waals surface area contributed by atoms with Gasteiger partial charge in [-0.3, -0.25) is 4.39 Å². The molecule has 2 heteroatoms. The summed E-state index contributed by atoms with van der Waals surface area (Å²) < 4.78 is 11.8. The predicted molar refractivity (Wildman–Crippen MR) is 76.3 cm³/mol. The second kappa shape index (κ2) is 19.9. The summed E-state index contributed by atoms with van der Waals surface area (Å²) in [6, 6.07) is 0. The van der Waals surface area contributed by atoms with Gasteiger partial charge in [0.2, 0.25) is 0 Å². The van der Waals surface area contributed by atoms with Gasteiger partial charge in [0.25, 0.3) is 0 Å². The molecule has 0 unspecified atom stereocenters. The second-order valence-corrected chi connectivity index (χ2v) is 5.29.